The monoisotopic (exact) mass is 315 g/mol. The van der Waals surface area contributed by atoms with Crippen molar-refractivity contribution in [2.45, 2.75) is 12.3 Å². The summed E-state index contributed by atoms with van der Waals surface area (Å²) in [5.41, 5.74) is 2.74. The lowest BCUT2D eigenvalue weighted by Gasteiger charge is -2.29. The van der Waals surface area contributed by atoms with Crippen LogP contribution >= 0.6 is 11.6 Å². The topological polar surface area (TPSA) is 47.6 Å². The average molecular weight is 316 g/mol. The molecule has 0 saturated carbocycles. The van der Waals surface area contributed by atoms with Crippen molar-refractivity contribution in [2.75, 3.05) is 18.5 Å². The zero-order chi connectivity index (χ0) is 15.1. The maximum atomic E-state index is 12.1. The van der Waals surface area contributed by atoms with Crippen molar-refractivity contribution < 1.29 is 14.3 Å². The van der Waals surface area contributed by atoms with E-state index in [1.165, 1.54) is 0 Å². The Hall–Kier alpha value is -2.20. The lowest BCUT2D eigenvalue weighted by molar-refractivity contribution is -0.116. The van der Waals surface area contributed by atoms with E-state index >= 15 is 0 Å². The van der Waals surface area contributed by atoms with Gasteiger partial charge in [-0.1, -0.05) is 29.8 Å². The number of amides is 1. The van der Waals surface area contributed by atoms with Crippen molar-refractivity contribution in [1.29, 1.82) is 0 Å². The smallest absolute Gasteiger partial charge is 0.225 e. The van der Waals surface area contributed by atoms with Crippen LogP contribution in [-0.2, 0) is 4.79 Å². The molecule has 22 heavy (non-hydrogen) atoms. The minimum atomic E-state index is -0.0757. The molecule has 2 aromatic rings. The fraction of sp³-hybridized carbons (Fsp3) is 0.235. The van der Waals surface area contributed by atoms with Gasteiger partial charge in [0, 0.05) is 29.1 Å². The first-order valence-corrected chi connectivity index (χ1v) is 7.58. The van der Waals surface area contributed by atoms with Crippen LogP contribution in [0.4, 0.5) is 5.69 Å². The third kappa shape index (κ3) is 2.20. The van der Waals surface area contributed by atoms with Gasteiger partial charge in [0.25, 0.3) is 0 Å². The second-order valence-electron chi connectivity index (χ2n) is 5.41. The van der Waals surface area contributed by atoms with E-state index in [-0.39, 0.29) is 11.8 Å². The van der Waals surface area contributed by atoms with Gasteiger partial charge in [-0.05, 0) is 23.3 Å². The van der Waals surface area contributed by atoms with Gasteiger partial charge in [-0.25, -0.2) is 0 Å². The van der Waals surface area contributed by atoms with Crippen molar-refractivity contribution in [1.82, 2.24) is 0 Å². The Kier molecular flexibility index (Phi) is 3.19. The van der Waals surface area contributed by atoms with Crippen molar-refractivity contribution >= 4 is 23.2 Å². The summed E-state index contributed by atoms with van der Waals surface area (Å²) in [5.74, 6) is 1.30. The Morgan fingerprint density at radius 3 is 2.55 bits per heavy atom. The van der Waals surface area contributed by atoms with Crippen LogP contribution in [0.2, 0.25) is 5.02 Å². The fourth-order valence-electron chi connectivity index (χ4n) is 3.03. The summed E-state index contributed by atoms with van der Waals surface area (Å²) >= 11 is 6.33. The molecule has 0 unspecified atom stereocenters. The predicted molar refractivity (Wildman–Crippen MR) is 84.0 cm³/mol. The minimum absolute atomic E-state index is 0.0194. The lowest BCUT2D eigenvalue weighted by atomic mass is 9.84. The molecule has 1 amide bonds. The summed E-state index contributed by atoms with van der Waals surface area (Å²) in [6, 6.07) is 11.4. The molecule has 0 bridgehead atoms. The molecule has 5 heteroatoms. The molecule has 2 heterocycles. The zero-order valence-electron chi connectivity index (χ0n) is 11.8. The molecule has 0 spiro atoms. The van der Waals surface area contributed by atoms with Gasteiger partial charge in [0.1, 0.15) is 13.2 Å². The van der Waals surface area contributed by atoms with E-state index in [4.69, 9.17) is 21.1 Å². The summed E-state index contributed by atoms with van der Waals surface area (Å²) in [7, 11) is 0. The highest BCUT2D eigenvalue weighted by molar-refractivity contribution is 6.31. The number of halogens is 1. The molecule has 2 aliphatic rings. The van der Waals surface area contributed by atoms with Gasteiger partial charge in [0.15, 0.2) is 11.5 Å². The second-order valence-corrected chi connectivity index (χ2v) is 5.82. The zero-order valence-corrected chi connectivity index (χ0v) is 12.5. The molecule has 0 aliphatic carbocycles. The molecule has 1 atom stereocenters. The molecule has 1 N–H and O–H groups in total. The molecular weight excluding hydrogens is 302 g/mol. The summed E-state index contributed by atoms with van der Waals surface area (Å²) in [5, 5.41) is 3.58. The highest BCUT2D eigenvalue weighted by Gasteiger charge is 2.30. The molecule has 4 nitrogen and oxygen atoms in total. The predicted octanol–water partition coefficient (Wildman–Crippen LogP) is 3.59. The number of ether oxygens (including phenoxy) is 2. The van der Waals surface area contributed by atoms with Crippen molar-refractivity contribution in [3.8, 4) is 11.5 Å². The van der Waals surface area contributed by atoms with Crippen LogP contribution in [0.1, 0.15) is 23.5 Å². The number of rotatable bonds is 1. The molecule has 2 aliphatic heterocycles. The maximum absolute atomic E-state index is 12.1. The lowest BCUT2D eigenvalue weighted by Crippen LogP contribution is -2.25. The van der Waals surface area contributed by atoms with Crippen LogP contribution < -0.4 is 14.8 Å². The van der Waals surface area contributed by atoms with Gasteiger partial charge in [-0.15, -0.1) is 0 Å². The Labute approximate surface area is 133 Å². The molecule has 0 radical (unpaired) electrons. The quantitative estimate of drug-likeness (QED) is 0.875. The maximum Gasteiger partial charge on any atom is 0.225 e. The highest BCUT2D eigenvalue weighted by atomic mass is 35.5. The van der Waals surface area contributed by atoms with Crippen LogP contribution in [0.3, 0.4) is 0 Å². The summed E-state index contributed by atoms with van der Waals surface area (Å²) in [6.07, 6.45) is 0.371. The first-order chi connectivity index (χ1) is 10.7. The Morgan fingerprint density at radius 1 is 1.05 bits per heavy atom. The first kappa shape index (κ1) is 13.5. The van der Waals surface area contributed by atoms with Crippen LogP contribution in [0, 0.1) is 0 Å². The van der Waals surface area contributed by atoms with E-state index in [1.807, 2.05) is 36.4 Å². The largest absolute Gasteiger partial charge is 0.486 e. The van der Waals surface area contributed by atoms with Crippen LogP contribution in [-0.4, -0.2) is 19.1 Å². The molecule has 2 aromatic carbocycles. The average Bonchev–Trinajstić information content (AvgIpc) is 2.53. The number of hydrogen-bond donors (Lipinski definition) is 1. The van der Waals surface area contributed by atoms with Crippen LogP contribution in [0.15, 0.2) is 36.4 Å². The molecule has 0 saturated heterocycles. The molecular formula is C17H14ClNO3. The summed E-state index contributed by atoms with van der Waals surface area (Å²) < 4.78 is 11.2. The highest BCUT2D eigenvalue weighted by Crippen LogP contribution is 2.45. The van der Waals surface area contributed by atoms with E-state index < -0.39 is 0 Å². The SMILES string of the molecule is O=C1C[C@H](c2ccccc2Cl)c2cc3c(cc2N1)OCCO3. The van der Waals surface area contributed by atoms with Crippen molar-refractivity contribution in [3.63, 3.8) is 0 Å². The number of nitrogens with one attached hydrogen (secondary N) is 1. The molecule has 0 fully saturated rings. The van der Waals surface area contributed by atoms with E-state index in [2.05, 4.69) is 5.32 Å². The number of hydrogen-bond acceptors (Lipinski definition) is 3. The Bertz CT molecular complexity index is 760. The second kappa shape index (κ2) is 5.21. The number of benzene rings is 2. The number of carbonyl (C=O) groups excluding carboxylic acids is 1. The molecule has 4 rings (SSSR count). The van der Waals surface area contributed by atoms with Gasteiger partial charge >= 0.3 is 0 Å². The van der Waals surface area contributed by atoms with Crippen molar-refractivity contribution in [2.24, 2.45) is 0 Å². The standard InChI is InChI=1S/C17H14ClNO3/c18-13-4-2-1-3-10(13)11-8-17(20)19-14-9-16-15(7-12(11)14)21-5-6-22-16/h1-4,7,9,11H,5-6,8H2,(H,19,20)/t11-/m1/s1. The molecule has 0 aromatic heterocycles. The third-order valence-corrected chi connectivity index (χ3v) is 4.38. The van der Waals surface area contributed by atoms with E-state index in [9.17, 15) is 4.79 Å². The van der Waals surface area contributed by atoms with Crippen LogP contribution in [0.25, 0.3) is 0 Å². The van der Waals surface area contributed by atoms with Gasteiger partial charge in [-0.2, -0.15) is 0 Å². The fourth-order valence-corrected chi connectivity index (χ4v) is 3.30. The summed E-state index contributed by atoms with van der Waals surface area (Å²) in [6.45, 7) is 1.06. The normalized spacial score (nSPS) is 19.3. The first-order valence-electron chi connectivity index (χ1n) is 7.20. The minimum Gasteiger partial charge on any atom is -0.486 e. The van der Waals surface area contributed by atoms with Crippen LogP contribution in [0.5, 0.6) is 11.5 Å². The van der Waals surface area contributed by atoms with Gasteiger partial charge in [-0.3, -0.25) is 4.79 Å². The number of anilines is 1. The summed E-state index contributed by atoms with van der Waals surface area (Å²) in [4.78, 5) is 12.1. The van der Waals surface area contributed by atoms with E-state index in [0.717, 1.165) is 22.6 Å². The van der Waals surface area contributed by atoms with Gasteiger partial charge in [0.05, 0.1) is 0 Å². The van der Waals surface area contributed by atoms with Crippen molar-refractivity contribution in [3.05, 3.63) is 52.5 Å². The van der Waals surface area contributed by atoms with E-state index in [1.54, 1.807) is 0 Å². The number of carbonyl (C=O) groups is 1. The van der Waals surface area contributed by atoms with Gasteiger partial charge in [0.2, 0.25) is 5.91 Å². The molecule has 112 valence electrons. The van der Waals surface area contributed by atoms with Gasteiger partial charge < -0.3 is 14.8 Å². The van der Waals surface area contributed by atoms with E-state index in [0.29, 0.717) is 30.4 Å². The Balaban J connectivity index is 1.86. The third-order valence-electron chi connectivity index (χ3n) is 4.03. The number of fused-ring (bicyclic) bond motifs is 2. The Morgan fingerprint density at radius 2 is 1.77 bits per heavy atom.